The van der Waals surface area contributed by atoms with Crippen molar-refractivity contribution in [1.29, 1.82) is 5.26 Å². The van der Waals surface area contributed by atoms with Gasteiger partial charge in [-0.3, -0.25) is 14.5 Å². The molecule has 4 rings (SSSR count). The van der Waals surface area contributed by atoms with Crippen molar-refractivity contribution in [3.05, 3.63) is 100 Å². The summed E-state index contributed by atoms with van der Waals surface area (Å²) < 4.78 is 5.26. The number of rotatable bonds is 7. The molecule has 0 bridgehead atoms. The van der Waals surface area contributed by atoms with Gasteiger partial charge in [-0.15, -0.1) is 0 Å². The fourth-order valence-electron chi connectivity index (χ4n) is 4.10. The third-order valence-electron chi connectivity index (χ3n) is 6.30. The molecule has 1 N–H and O–H groups in total. The summed E-state index contributed by atoms with van der Waals surface area (Å²) in [5.41, 5.74) is 4.22. The number of ether oxygens (including phenoxy) is 1. The Kier molecular flexibility index (Phi) is 8.00. The van der Waals surface area contributed by atoms with E-state index in [4.69, 9.17) is 4.74 Å². The van der Waals surface area contributed by atoms with Gasteiger partial charge in [0.05, 0.1) is 12.4 Å². The first kappa shape index (κ1) is 26.1. The van der Waals surface area contributed by atoms with Crippen LogP contribution in [0.25, 0.3) is 0 Å². The van der Waals surface area contributed by atoms with Crippen LogP contribution < -0.4 is 15.0 Å². The van der Waals surface area contributed by atoms with Crippen molar-refractivity contribution in [2.45, 2.75) is 38.4 Å². The summed E-state index contributed by atoms with van der Waals surface area (Å²) in [5, 5.41) is 12.7. The van der Waals surface area contributed by atoms with Crippen molar-refractivity contribution >= 4 is 35.0 Å². The second-order valence-electron chi connectivity index (χ2n) is 9.14. The standard InChI is InChI=1S/C30H29N3O3S/c1-19(2)22-11-9-21(10-12-22)17-27-29(35)33(23-13-15-24(36-4)16-14-23)30(37-27)25(18-31)28(34)32-26-8-6-5-7-20(26)3/h5-16,19,27H,17H2,1-4H3,(H,32,34)/b30-25-. The van der Waals surface area contributed by atoms with Gasteiger partial charge in [0, 0.05) is 11.4 Å². The van der Waals surface area contributed by atoms with E-state index < -0.39 is 11.2 Å². The molecule has 1 heterocycles. The van der Waals surface area contributed by atoms with E-state index in [1.807, 2.05) is 37.3 Å². The molecule has 188 valence electrons. The number of carbonyl (C=O) groups is 2. The highest BCUT2D eigenvalue weighted by Crippen LogP contribution is 2.42. The number of hydrogen-bond acceptors (Lipinski definition) is 5. The maximum Gasteiger partial charge on any atom is 0.269 e. The van der Waals surface area contributed by atoms with Crippen molar-refractivity contribution in [1.82, 2.24) is 0 Å². The van der Waals surface area contributed by atoms with E-state index in [1.165, 1.54) is 22.2 Å². The molecule has 6 nitrogen and oxygen atoms in total. The van der Waals surface area contributed by atoms with E-state index in [-0.39, 0.29) is 11.5 Å². The van der Waals surface area contributed by atoms with E-state index in [9.17, 15) is 14.9 Å². The number of para-hydroxylation sites is 1. The van der Waals surface area contributed by atoms with Crippen LogP contribution >= 0.6 is 11.8 Å². The van der Waals surface area contributed by atoms with Crippen molar-refractivity contribution in [3.8, 4) is 11.8 Å². The van der Waals surface area contributed by atoms with Crippen LogP contribution in [0.5, 0.6) is 5.75 Å². The van der Waals surface area contributed by atoms with E-state index >= 15 is 0 Å². The number of nitrogens with zero attached hydrogens (tertiary/aromatic N) is 2. The smallest absolute Gasteiger partial charge is 0.269 e. The fourth-order valence-corrected chi connectivity index (χ4v) is 5.41. The first-order valence-electron chi connectivity index (χ1n) is 12.1. The Balaban J connectivity index is 1.71. The lowest BCUT2D eigenvalue weighted by molar-refractivity contribution is -0.117. The van der Waals surface area contributed by atoms with Gasteiger partial charge in [0.2, 0.25) is 5.91 Å². The lowest BCUT2D eigenvalue weighted by Crippen LogP contribution is -2.31. The molecule has 3 aromatic rings. The van der Waals surface area contributed by atoms with Gasteiger partial charge in [-0.05, 0) is 66.3 Å². The van der Waals surface area contributed by atoms with E-state index in [0.29, 0.717) is 34.5 Å². The van der Waals surface area contributed by atoms with Crippen LogP contribution in [0, 0.1) is 18.3 Å². The van der Waals surface area contributed by atoms with Crippen LogP contribution in [0.2, 0.25) is 0 Å². The van der Waals surface area contributed by atoms with Gasteiger partial charge in [-0.25, -0.2) is 0 Å². The predicted molar refractivity (Wildman–Crippen MR) is 149 cm³/mol. The van der Waals surface area contributed by atoms with E-state index in [2.05, 4.69) is 37.4 Å². The van der Waals surface area contributed by atoms with E-state index in [0.717, 1.165) is 11.1 Å². The number of amides is 2. The Hall–Kier alpha value is -4.02. The minimum Gasteiger partial charge on any atom is -0.497 e. The number of thioether (sulfide) groups is 1. The zero-order valence-corrected chi connectivity index (χ0v) is 22.1. The number of nitriles is 1. The molecule has 0 radical (unpaired) electrons. The van der Waals surface area contributed by atoms with Crippen LogP contribution in [-0.2, 0) is 16.0 Å². The van der Waals surface area contributed by atoms with Gasteiger partial charge < -0.3 is 10.1 Å². The monoisotopic (exact) mass is 511 g/mol. The highest BCUT2D eigenvalue weighted by molar-refractivity contribution is 8.05. The minimum absolute atomic E-state index is 0.102. The summed E-state index contributed by atoms with van der Waals surface area (Å²) in [4.78, 5) is 28.5. The molecule has 1 aliphatic rings. The summed E-state index contributed by atoms with van der Waals surface area (Å²) in [6, 6.07) is 24.7. The van der Waals surface area contributed by atoms with Crippen LogP contribution in [0.4, 0.5) is 11.4 Å². The molecule has 0 spiro atoms. The largest absolute Gasteiger partial charge is 0.497 e. The highest BCUT2D eigenvalue weighted by Gasteiger charge is 2.40. The predicted octanol–water partition coefficient (Wildman–Crippen LogP) is 6.19. The van der Waals surface area contributed by atoms with Gasteiger partial charge in [0.25, 0.3) is 5.91 Å². The zero-order chi connectivity index (χ0) is 26.5. The number of anilines is 2. The molecule has 0 aromatic heterocycles. The van der Waals surface area contributed by atoms with Crippen LogP contribution in [0.1, 0.15) is 36.5 Å². The van der Waals surface area contributed by atoms with Crippen molar-refractivity contribution in [3.63, 3.8) is 0 Å². The highest BCUT2D eigenvalue weighted by atomic mass is 32.2. The maximum atomic E-state index is 13.7. The van der Waals surface area contributed by atoms with Gasteiger partial charge in [0.15, 0.2) is 0 Å². The summed E-state index contributed by atoms with van der Waals surface area (Å²) in [6.07, 6.45) is 0.482. The summed E-state index contributed by atoms with van der Waals surface area (Å²) >= 11 is 1.25. The Morgan fingerprint density at radius 1 is 1.08 bits per heavy atom. The number of nitrogens with one attached hydrogen (secondary N) is 1. The van der Waals surface area contributed by atoms with Crippen LogP contribution in [0.3, 0.4) is 0 Å². The van der Waals surface area contributed by atoms with Crippen LogP contribution in [-0.4, -0.2) is 24.2 Å². The first-order valence-corrected chi connectivity index (χ1v) is 12.9. The number of aryl methyl sites for hydroxylation is 1. The summed E-state index contributed by atoms with van der Waals surface area (Å²) in [5.74, 6) is 0.344. The average Bonchev–Trinajstić information content (AvgIpc) is 3.21. The normalized spacial score (nSPS) is 16.5. The maximum absolute atomic E-state index is 13.7. The van der Waals surface area contributed by atoms with Crippen molar-refractivity contribution in [2.75, 3.05) is 17.3 Å². The third kappa shape index (κ3) is 5.71. The molecule has 0 aliphatic carbocycles. The molecular formula is C30H29N3O3S. The molecule has 37 heavy (non-hydrogen) atoms. The Labute approximate surface area is 221 Å². The van der Waals surface area contributed by atoms with E-state index in [1.54, 1.807) is 37.4 Å². The van der Waals surface area contributed by atoms with Gasteiger partial charge >= 0.3 is 0 Å². The van der Waals surface area contributed by atoms with Gasteiger partial charge in [-0.1, -0.05) is 68.1 Å². The molecule has 3 aromatic carbocycles. The molecule has 2 amide bonds. The Morgan fingerprint density at radius 2 is 1.76 bits per heavy atom. The molecule has 0 saturated carbocycles. The Morgan fingerprint density at radius 3 is 2.35 bits per heavy atom. The molecule has 1 atom stereocenters. The molecule has 1 unspecified atom stereocenters. The fraction of sp³-hybridized carbons (Fsp3) is 0.233. The summed E-state index contributed by atoms with van der Waals surface area (Å²) in [6.45, 7) is 6.16. The molecule has 7 heteroatoms. The lowest BCUT2D eigenvalue weighted by atomic mass is 10.00. The van der Waals surface area contributed by atoms with Crippen molar-refractivity contribution in [2.24, 2.45) is 0 Å². The molecule has 1 saturated heterocycles. The van der Waals surface area contributed by atoms with Gasteiger partial charge in [0.1, 0.15) is 22.4 Å². The first-order chi connectivity index (χ1) is 17.8. The van der Waals surface area contributed by atoms with Gasteiger partial charge in [-0.2, -0.15) is 5.26 Å². The summed E-state index contributed by atoms with van der Waals surface area (Å²) in [7, 11) is 1.57. The quantitative estimate of drug-likeness (QED) is 0.302. The second-order valence-corrected chi connectivity index (χ2v) is 10.3. The number of hydrogen-bond donors (Lipinski definition) is 1. The minimum atomic E-state index is -0.549. The number of methoxy groups -OCH3 is 1. The molecule has 1 fully saturated rings. The second kappa shape index (κ2) is 11.4. The molecular weight excluding hydrogens is 482 g/mol. The van der Waals surface area contributed by atoms with Crippen LogP contribution in [0.15, 0.2) is 83.4 Å². The van der Waals surface area contributed by atoms with Crippen molar-refractivity contribution < 1.29 is 14.3 Å². The third-order valence-corrected chi connectivity index (χ3v) is 7.56. The lowest BCUT2D eigenvalue weighted by Gasteiger charge is -2.19. The topological polar surface area (TPSA) is 82.4 Å². The number of benzene rings is 3. The SMILES string of the molecule is COc1ccc(N2C(=O)C(Cc3ccc(C(C)C)cc3)S/C2=C(/C#N)C(=O)Nc2ccccc2C)cc1. The zero-order valence-electron chi connectivity index (χ0n) is 21.3. The average molecular weight is 512 g/mol. The molecule has 1 aliphatic heterocycles. The number of carbonyl (C=O) groups excluding carboxylic acids is 2. The Bertz CT molecular complexity index is 1370.